The van der Waals surface area contributed by atoms with Gasteiger partial charge in [-0.1, -0.05) is 18.2 Å². The molecule has 0 aliphatic heterocycles. The SMILES string of the molecule is N#Cc1coc(-c2ccccc2)n1. The van der Waals surface area contributed by atoms with Crippen molar-refractivity contribution < 1.29 is 4.42 Å². The summed E-state index contributed by atoms with van der Waals surface area (Å²) < 4.78 is 5.11. The Morgan fingerprint density at radius 1 is 1.23 bits per heavy atom. The predicted octanol–water partition coefficient (Wildman–Crippen LogP) is 2.21. The molecule has 3 nitrogen and oxygen atoms in total. The summed E-state index contributed by atoms with van der Waals surface area (Å²) in [5.41, 5.74) is 1.18. The minimum absolute atomic E-state index is 0.304. The van der Waals surface area contributed by atoms with E-state index in [9.17, 15) is 0 Å². The lowest BCUT2D eigenvalue weighted by Crippen LogP contribution is -1.76. The van der Waals surface area contributed by atoms with E-state index in [1.54, 1.807) is 0 Å². The lowest BCUT2D eigenvalue weighted by atomic mass is 10.2. The molecule has 0 N–H and O–H groups in total. The van der Waals surface area contributed by atoms with Gasteiger partial charge in [0.1, 0.15) is 12.3 Å². The first-order chi connectivity index (χ1) is 6.40. The van der Waals surface area contributed by atoms with Crippen molar-refractivity contribution in [1.29, 1.82) is 5.26 Å². The van der Waals surface area contributed by atoms with Gasteiger partial charge in [0.15, 0.2) is 5.69 Å². The highest BCUT2D eigenvalue weighted by molar-refractivity contribution is 5.53. The van der Waals surface area contributed by atoms with Gasteiger partial charge in [0, 0.05) is 5.56 Å². The number of nitrogens with zero attached hydrogens (tertiary/aromatic N) is 2. The smallest absolute Gasteiger partial charge is 0.227 e. The van der Waals surface area contributed by atoms with E-state index in [1.807, 2.05) is 36.4 Å². The van der Waals surface area contributed by atoms with E-state index in [0.29, 0.717) is 11.6 Å². The molecule has 0 fully saturated rings. The third-order valence-electron chi connectivity index (χ3n) is 1.64. The minimum atomic E-state index is 0.304. The number of benzene rings is 1. The molecule has 2 rings (SSSR count). The lowest BCUT2D eigenvalue weighted by molar-refractivity contribution is 0.574. The highest BCUT2D eigenvalue weighted by Gasteiger charge is 2.04. The van der Waals surface area contributed by atoms with Crippen LogP contribution in [0, 0.1) is 11.3 Å². The summed E-state index contributed by atoms with van der Waals surface area (Å²) in [6.07, 6.45) is 1.35. The van der Waals surface area contributed by atoms with Crippen LogP contribution in [0.15, 0.2) is 41.0 Å². The topological polar surface area (TPSA) is 49.8 Å². The van der Waals surface area contributed by atoms with Gasteiger partial charge in [-0.25, -0.2) is 0 Å². The molecule has 2 aromatic rings. The maximum Gasteiger partial charge on any atom is 0.227 e. The maximum atomic E-state index is 8.53. The summed E-state index contributed by atoms with van der Waals surface area (Å²) in [4.78, 5) is 3.97. The summed E-state index contributed by atoms with van der Waals surface area (Å²) in [6, 6.07) is 11.4. The molecule has 62 valence electrons. The zero-order chi connectivity index (χ0) is 9.10. The van der Waals surface area contributed by atoms with Crippen molar-refractivity contribution in [3.63, 3.8) is 0 Å². The Morgan fingerprint density at radius 3 is 2.62 bits per heavy atom. The first-order valence-corrected chi connectivity index (χ1v) is 3.81. The summed E-state index contributed by atoms with van der Waals surface area (Å²) in [5.74, 6) is 0.483. The molecule has 0 bridgehead atoms. The van der Waals surface area contributed by atoms with Crippen LogP contribution in [0.2, 0.25) is 0 Å². The van der Waals surface area contributed by atoms with Crippen molar-refractivity contribution in [1.82, 2.24) is 4.98 Å². The van der Waals surface area contributed by atoms with Crippen molar-refractivity contribution in [2.24, 2.45) is 0 Å². The van der Waals surface area contributed by atoms with E-state index in [4.69, 9.17) is 9.68 Å². The van der Waals surface area contributed by atoms with Gasteiger partial charge in [-0.15, -0.1) is 0 Å². The van der Waals surface area contributed by atoms with Crippen LogP contribution in [0.25, 0.3) is 11.5 Å². The fraction of sp³-hybridized carbons (Fsp3) is 0. The zero-order valence-electron chi connectivity index (χ0n) is 6.77. The molecule has 3 heteroatoms. The predicted molar refractivity (Wildman–Crippen MR) is 46.7 cm³/mol. The number of nitriles is 1. The second kappa shape index (κ2) is 3.11. The van der Waals surface area contributed by atoms with Crippen molar-refractivity contribution in [2.75, 3.05) is 0 Å². The number of hydrogen-bond acceptors (Lipinski definition) is 3. The second-order valence-electron chi connectivity index (χ2n) is 2.52. The fourth-order valence-electron chi connectivity index (χ4n) is 1.04. The Kier molecular flexibility index (Phi) is 1.81. The Balaban J connectivity index is 2.43. The van der Waals surface area contributed by atoms with Crippen molar-refractivity contribution >= 4 is 0 Å². The van der Waals surface area contributed by atoms with Crippen LogP contribution in [0.5, 0.6) is 0 Å². The van der Waals surface area contributed by atoms with Crippen LogP contribution in [0.4, 0.5) is 0 Å². The molecule has 0 radical (unpaired) electrons. The first-order valence-electron chi connectivity index (χ1n) is 3.81. The van der Waals surface area contributed by atoms with Crippen LogP contribution in [-0.4, -0.2) is 4.98 Å². The molecule has 0 saturated carbocycles. The van der Waals surface area contributed by atoms with Gasteiger partial charge in [0.25, 0.3) is 0 Å². The van der Waals surface area contributed by atoms with E-state index in [2.05, 4.69) is 4.98 Å². The summed E-state index contributed by atoms with van der Waals surface area (Å²) in [7, 11) is 0. The standard InChI is InChI=1S/C10H6N2O/c11-6-9-7-13-10(12-9)8-4-2-1-3-5-8/h1-5,7H. The average Bonchev–Trinajstić information content (AvgIpc) is 2.67. The third kappa shape index (κ3) is 1.42. The zero-order valence-corrected chi connectivity index (χ0v) is 6.77. The van der Waals surface area contributed by atoms with E-state index in [1.165, 1.54) is 6.26 Å². The van der Waals surface area contributed by atoms with Gasteiger partial charge in [-0.05, 0) is 12.1 Å². The van der Waals surface area contributed by atoms with Crippen molar-refractivity contribution in [3.05, 3.63) is 42.3 Å². The number of hydrogen-bond donors (Lipinski definition) is 0. The molecule has 1 aromatic heterocycles. The normalized spacial score (nSPS) is 9.46. The van der Waals surface area contributed by atoms with Gasteiger partial charge in [-0.2, -0.15) is 10.2 Å². The molecule has 0 aliphatic rings. The number of oxazole rings is 1. The van der Waals surface area contributed by atoms with Crippen LogP contribution < -0.4 is 0 Å². The van der Waals surface area contributed by atoms with Gasteiger partial charge in [0.2, 0.25) is 5.89 Å². The van der Waals surface area contributed by atoms with Crippen molar-refractivity contribution in [2.45, 2.75) is 0 Å². The molecule has 0 atom stereocenters. The first kappa shape index (κ1) is 7.56. The van der Waals surface area contributed by atoms with Gasteiger partial charge in [0.05, 0.1) is 0 Å². The Hall–Kier alpha value is -2.08. The van der Waals surface area contributed by atoms with Gasteiger partial charge in [-0.3, -0.25) is 0 Å². The Labute approximate surface area is 75.3 Å². The van der Waals surface area contributed by atoms with Gasteiger partial charge >= 0.3 is 0 Å². The molecule has 0 unspecified atom stereocenters. The van der Waals surface area contributed by atoms with Gasteiger partial charge < -0.3 is 4.42 Å². The summed E-state index contributed by atoms with van der Waals surface area (Å²) in [5, 5.41) is 8.53. The molecule has 0 aliphatic carbocycles. The molecule has 1 heterocycles. The molecular weight excluding hydrogens is 164 g/mol. The number of aromatic nitrogens is 1. The Morgan fingerprint density at radius 2 is 2.00 bits per heavy atom. The largest absolute Gasteiger partial charge is 0.443 e. The van der Waals surface area contributed by atoms with Crippen LogP contribution in [0.1, 0.15) is 5.69 Å². The van der Waals surface area contributed by atoms with Crippen LogP contribution in [0.3, 0.4) is 0 Å². The minimum Gasteiger partial charge on any atom is -0.443 e. The van der Waals surface area contributed by atoms with E-state index in [0.717, 1.165) is 5.56 Å². The molecular formula is C10H6N2O. The molecule has 13 heavy (non-hydrogen) atoms. The monoisotopic (exact) mass is 170 g/mol. The maximum absolute atomic E-state index is 8.53. The molecule has 0 amide bonds. The summed E-state index contributed by atoms with van der Waals surface area (Å²) >= 11 is 0. The average molecular weight is 170 g/mol. The highest BCUT2D eigenvalue weighted by atomic mass is 16.3. The lowest BCUT2D eigenvalue weighted by Gasteiger charge is -1.91. The molecule has 1 aromatic carbocycles. The van der Waals surface area contributed by atoms with Crippen LogP contribution in [-0.2, 0) is 0 Å². The summed E-state index contributed by atoms with van der Waals surface area (Å²) in [6.45, 7) is 0. The highest BCUT2D eigenvalue weighted by Crippen LogP contribution is 2.17. The third-order valence-corrected chi connectivity index (χ3v) is 1.64. The van der Waals surface area contributed by atoms with Crippen LogP contribution >= 0.6 is 0 Å². The quantitative estimate of drug-likeness (QED) is 0.659. The van der Waals surface area contributed by atoms with E-state index in [-0.39, 0.29) is 0 Å². The second-order valence-corrected chi connectivity index (χ2v) is 2.52. The van der Waals surface area contributed by atoms with Crippen molar-refractivity contribution in [3.8, 4) is 17.5 Å². The molecule has 0 saturated heterocycles. The molecule has 0 spiro atoms. The number of rotatable bonds is 1. The Bertz CT molecular complexity index is 439. The fourth-order valence-corrected chi connectivity index (χ4v) is 1.04. The van der Waals surface area contributed by atoms with E-state index < -0.39 is 0 Å². The van der Waals surface area contributed by atoms with E-state index >= 15 is 0 Å².